The number of fused-ring (bicyclic) bond motifs is 2. The Morgan fingerprint density at radius 3 is 2.58 bits per heavy atom. The van der Waals surface area contributed by atoms with Gasteiger partial charge < -0.3 is 9.30 Å². The van der Waals surface area contributed by atoms with E-state index in [2.05, 4.69) is 15.2 Å². The maximum atomic E-state index is 12.8. The second-order valence-corrected chi connectivity index (χ2v) is 5.95. The number of nitrogens with one attached hydrogen (secondary N) is 1. The zero-order chi connectivity index (χ0) is 18.1. The molecule has 0 aromatic carbocycles. The molecule has 8 heteroatoms. The number of rotatable bonds is 5. The topological polar surface area (TPSA) is 94.8 Å². The summed E-state index contributed by atoms with van der Waals surface area (Å²) in [6, 6.07) is 6.87. The van der Waals surface area contributed by atoms with Gasteiger partial charge in [-0.3, -0.25) is 19.3 Å². The van der Waals surface area contributed by atoms with Crippen LogP contribution in [-0.4, -0.2) is 38.0 Å². The molecule has 4 heterocycles. The van der Waals surface area contributed by atoms with Gasteiger partial charge >= 0.3 is 0 Å². The van der Waals surface area contributed by atoms with Crippen molar-refractivity contribution in [3.63, 3.8) is 0 Å². The molecule has 132 valence electrons. The second kappa shape index (κ2) is 6.57. The number of hydrogen-bond donors (Lipinski definition) is 1. The van der Waals surface area contributed by atoms with Gasteiger partial charge in [0.25, 0.3) is 11.1 Å². The summed E-state index contributed by atoms with van der Waals surface area (Å²) in [5, 5.41) is 7.44. The monoisotopic (exact) mass is 351 g/mol. The van der Waals surface area contributed by atoms with Crippen molar-refractivity contribution >= 4 is 21.8 Å². The molecule has 4 aromatic rings. The first kappa shape index (κ1) is 16.2. The molecule has 0 atom stereocenters. The average molecular weight is 351 g/mol. The highest BCUT2D eigenvalue weighted by molar-refractivity contribution is 5.91. The van der Waals surface area contributed by atoms with Crippen LogP contribution in [0, 0.1) is 0 Å². The highest BCUT2D eigenvalue weighted by Gasteiger charge is 2.11. The molecule has 1 N–H and O–H groups in total. The molecule has 0 aliphatic carbocycles. The van der Waals surface area contributed by atoms with E-state index >= 15 is 0 Å². The Morgan fingerprint density at radius 2 is 1.85 bits per heavy atom. The van der Waals surface area contributed by atoms with Gasteiger partial charge in [-0.25, -0.2) is 4.98 Å². The number of H-pyrrole nitrogens is 1. The Hall–Kier alpha value is -3.26. The number of ether oxygens (including phenoxy) is 1. The highest BCUT2D eigenvalue weighted by atomic mass is 16.5. The number of aromatic amines is 1. The molecule has 0 spiro atoms. The van der Waals surface area contributed by atoms with Gasteiger partial charge in [-0.2, -0.15) is 5.10 Å². The van der Waals surface area contributed by atoms with Crippen LogP contribution in [0.4, 0.5) is 0 Å². The number of pyridine rings is 3. The summed E-state index contributed by atoms with van der Waals surface area (Å²) >= 11 is 0. The molecule has 0 amide bonds. The fraction of sp³-hybridized carbons (Fsp3) is 0.222. The van der Waals surface area contributed by atoms with Crippen molar-refractivity contribution in [2.24, 2.45) is 0 Å². The van der Waals surface area contributed by atoms with E-state index in [-0.39, 0.29) is 11.1 Å². The fourth-order valence-corrected chi connectivity index (χ4v) is 2.99. The molecule has 0 saturated carbocycles. The van der Waals surface area contributed by atoms with E-state index in [4.69, 9.17) is 4.74 Å². The van der Waals surface area contributed by atoms with Crippen molar-refractivity contribution in [2.45, 2.75) is 13.0 Å². The summed E-state index contributed by atoms with van der Waals surface area (Å²) in [5.41, 5.74) is 0.707. The number of aryl methyl sites for hydroxylation is 1. The minimum atomic E-state index is -0.254. The molecule has 0 aliphatic rings. The van der Waals surface area contributed by atoms with Gasteiger partial charge in [0.1, 0.15) is 5.82 Å². The quantitative estimate of drug-likeness (QED) is 0.434. The van der Waals surface area contributed by atoms with Gasteiger partial charge in [0, 0.05) is 38.7 Å². The van der Waals surface area contributed by atoms with Crippen LogP contribution in [0.15, 0.2) is 52.4 Å². The van der Waals surface area contributed by atoms with Crippen molar-refractivity contribution in [3.8, 4) is 5.82 Å². The van der Waals surface area contributed by atoms with Crippen LogP contribution in [-0.2, 0) is 11.3 Å². The van der Waals surface area contributed by atoms with Crippen molar-refractivity contribution in [3.05, 3.63) is 63.6 Å². The lowest BCUT2D eigenvalue weighted by Crippen LogP contribution is -2.22. The van der Waals surface area contributed by atoms with Crippen LogP contribution in [0.3, 0.4) is 0 Å². The van der Waals surface area contributed by atoms with Crippen LogP contribution in [0.5, 0.6) is 0 Å². The number of nitrogens with zero attached hydrogens (tertiary/aromatic N) is 4. The third kappa shape index (κ3) is 2.70. The van der Waals surface area contributed by atoms with Crippen molar-refractivity contribution in [1.29, 1.82) is 0 Å². The van der Waals surface area contributed by atoms with Crippen molar-refractivity contribution < 1.29 is 4.74 Å². The average Bonchev–Trinajstić information content (AvgIpc) is 3.18. The fourth-order valence-electron chi connectivity index (χ4n) is 2.99. The van der Waals surface area contributed by atoms with Crippen molar-refractivity contribution in [1.82, 2.24) is 24.3 Å². The lowest BCUT2D eigenvalue weighted by molar-refractivity contribution is 0.190. The van der Waals surface area contributed by atoms with Gasteiger partial charge in [-0.05, 0) is 24.6 Å². The van der Waals surface area contributed by atoms with Crippen LogP contribution < -0.4 is 11.1 Å². The van der Waals surface area contributed by atoms with E-state index in [1.807, 2.05) is 0 Å². The summed E-state index contributed by atoms with van der Waals surface area (Å²) in [7, 11) is 1.63. The normalized spacial score (nSPS) is 11.4. The largest absolute Gasteiger partial charge is 0.385 e. The van der Waals surface area contributed by atoms with Gasteiger partial charge in [-0.1, -0.05) is 0 Å². The molecular formula is C18H17N5O3. The zero-order valence-electron chi connectivity index (χ0n) is 14.2. The third-order valence-electron chi connectivity index (χ3n) is 4.31. The zero-order valence-corrected chi connectivity index (χ0v) is 14.2. The lowest BCUT2D eigenvalue weighted by Gasteiger charge is -2.08. The number of methoxy groups -OCH3 is 1. The molecule has 0 radical (unpaired) electrons. The summed E-state index contributed by atoms with van der Waals surface area (Å²) in [5.74, 6) is 0.557. The first-order valence-corrected chi connectivity index (χ1v) is 8.23. The molecule has 0 unspecified atom stereocenters. The predicted octanol–water partition coefficient (Wildman–Crippen LogP) is 1.46. The standard InChI is InChI=1S/C18H17N5O3/c1-26-10-2-7-22-8-4-14-12(17(22)24)11-13-15(20-14)5-9-23(18(13)25)16-3-6-19-21-16/h3-6,8-9,11H,2,7,10H2,1H3,(H,19,21). The molecule has 4 rings (SSSR count). The Balaban J connectivity index is 1.90. The molecule has 0 bridgehead atoms. The van der Waals surface area contributed by atoms with E-state index in [9.17, 15) is 9.59 Å². The second-order valence-electron chi connectivity index (χ2n) is 5.95. The van der Waals surface area contributed by atoms with E-state index < -0.39 is 0 Å². The minimum absolute atomic E-state index is 0.163. The number of aromatic nitrogens is 5. The smallest absolute Gasteiger partial charge is 0.265 e. The van der Waals surface area contributed by atoms with Crippen LogP contribution >= 0.6 is 0 Å². The summed E-state index contributed by atoms with van der Waals surface area (Å²) in [4.78, 5) is 30.1. The van der Waals surface area contributed by atoms with E-state index in [1.54, 1.807) is 54.5 Å². The van der Waals surface area contributed by atoms with Crippen molar-refractivity contribution in [2.75, 3.05) is 13.7 Å². The summed E-state index contributed by atoms with van der Waals surface area (Å²) in [6.45, 7) is 1.13. The molecule has 8 nitrogen and oxygen atoms in total. The first-order valence-electron chi connectivity index (χ1n) is 8.23. The molecule has 0 saturated heterocycles. The predicted molar refractivity (Wildman–Crippen MR) is 97.7 cm³/mol. The lowest BCUT2D eigenvalue weighted by atomic mass is 10.2. The summed E-state index contributed by atoms with van der Waals surface area (Å²) in [6.07, 6.45) is 5.67. The van der Waals surface area contributed by atoms with Gasteiger partial charge in [0.2, 0.25) is 0 Å². The van der Waals surface area contributed by atoms with E-state index in [0.717, 1.165) is 6.42 Å². The van der Waals surface area contributed by atoms with Gasteiger partial charge in [-0.15, -0.1) is 0 Å². The third-order valence-corrected chi connectivity index (χ3v) is 4.31. The maximum Gasteiger partial charge on any atom is 0.265 e. The van der Waals surface area contributed by atoms with Crippen LogP contribution in [0.2, 0.25) is 0 Å². The highest BCUT2D eigenvalue weighted by Crippen LogP contribution is 2.15. The number of hydrogen-bond acceptors (Lipinski definition) is 5. The van der Waals surface area contributed by atoms with Gasteiger partial charge in [0.15, 0.2) is 0 Å². The molecule has 26 heavy (non-hydrogen) atoms. The molecule has 0 fully saturated rings. The van der Waals surface area contributed by atoms with Crippen LogP contribution in [0.1, 0.15) is 6.42 Å². The maximum absolute atomic E-state index is 12.8. The Morgan fingerprint density at radius 1 is 1.08 bits per heavy atom. The van der Waals surface area contributed by atoms with E-state index in [0.29, 0.717) is 40.8 Å². The molecule has 4 aromatic heterocycles. The Labute approximate surface area is 147 Å². The molecular weight excluding hydrogens is 334 g/mol. The SMILES string of the molecule is COCCCn1ccc2nc3ccn(-c4ccn[nH]4)c(=O)c3cc2c1=O. The Bertz CT molecular complexity index is 1190. The minimum Gasteiger partial charge on any atom is -0.385 e. The van der Waals surface area contributed by atoms with Gasteiger partial charge in [0.05, 0.1) is 28.0 Å². The van der Waals surface area contributed by atoms with Crippen LogP contribution in [0.25, 0.3) is 27.6 Å². The Kier molecular flexibility index (Phi) is 4.10. The molecule has 0 aliphatic heterocycles. The van der Waals surface area contributed by atoms with E-state index in [1.165, 1.54) is 4.57 Å². The summed E-state index contributed by atoms with van der Waals surface area (Å²) < 4.78 is 8.10. The first-order chi connectivity index (χ1) is 12.7.